The summed E-state index contributed by atoms with van der Waals surface area (Å²) in [5, 5.41) is 4.99. The molecular formula is C14H14ClN3. The minimum Gasteiger partial charge on any atom is -0.355 e. The molecule has 0 fully saturated rings. The fourth-order valence-electron chi connectivity index (χ4n) is 2.21. The van der Waals surface area contributed by atoms with E-state index in [1.807, 2.05) is 38.4 Å². The van der Waals surface area contributed by atoms with E-state index in [2.05, 4.69) is 39.6 Å². The number of rotatable bonds is 1. The van der Waals surface area contributed by atoms with Crippen LogP contribution in [0.2, 0.25) is 5.02 Å². The van der Waals surface area contributed by atoms with Crippen molar-refractivity contribution in [2.24, 2.45) is 0 Å². The lowest BCUT2D eigenvalue weighted by Crippen LogP contribution is -2.31. The van der Waals surface area contributed by atoms with Crippen molar-refractivity contribution in [3.8, 4) is 0 Å². The van der Waals surface area contributed by atoms with Gasteiger partial charge in [0.15, 0.2) is 0 Å². The second-order valence-corrected chi connectivity index (χ2v) is 4.88. The molecule has 0 unspecified atom stereocenters. The van der Waals surface area contributed by atoms with Gasteiger partial charge in [0.1, 0.15) is 0 Å². The lowest BCUT2D eigenvalue weighted by Gasteiger charge is -2.30. The van der Waals surface area contributed by atoms with Gasteiger partial charge in [0.05, 0.1) is 11.4 Å². The third-order valence-corrected chi connectivity index (χ3v) is 3.30. The van der Waals surface area contributed by atoms with Gasteiger partial charge in [-0.3, -0.25) is 10.0 Å². The van der Waals surface area contributed by atoms with Crippen LogP contribution >= 0.6 is 11.6 Å². The molecule has 3 nitrogen and oxygen atoms in total. The second-order valence-electron chi connectivity index (χ2n) is 4.44. The summed E-state index contributed by atoms with van der Waals surface area (Å²) in [4.78, 5) is 2.05. The van der Waals surface area contributed by atoms with Crippen molar-refractivity contribution < 1.29 is 0 Å². The number of fused-ring (bicyclic) bond motifs is 1. The van der Waals surface area contributed by atoms with E-state index in [0.717, 1.165) is 10.7 Å². The maximum Gasteiger partial charge on any atom is 0.0882 e. The van der Waals surface area contributed by atoms with Gasteiger partial charge in [-0.2, -0.15) is 0 Å². The average molecular weight is 260 g/mol. The maximum atomic E-state index is 5.94. The highest BCUT2D eigenvalue weighted by molar-refractivity contribution is 6.30. The Balaban J connectivity index is 2.01. The van der Waals surface area contributed by atoms with Crippen molar-refractivity contribution in [1.29, 1.82) is 0 Å². The van der Waals surface area contributed by atoms with Crippen molar-refractivity contribution >= 4 is 17.3 Å². The Morgan fingerprint density at radius 1 is 1.00 bits per heavy atom. The predicted octanol–water partition coefficient (Wildman–Crippen LogP) is 3.19. The van der Waals surface area contributed by atoms with E-state index < -0.39 is 0 Å². The molecule has 0 atom stereocenters. The smallest absolute Gasteiger partial charge is 0.0882 e. The molecule has 92 valence electrons. The summed E-state index contributed by atoms with van der Waals surface area (Å²) in [7, 11) is 4.06. The number of allylic oxidation sites excluding steroid dienone is 1. The minimum absolute atomic E-state index is 0.753. The van der Waals surface area contributed by atoms with Crippen LogP contribution in [-0.2, 0) is 0 Å². The van der Waals surface area contributed by atoms with Crippen molar-refractivity contribution in [3.05, 3.63) is 65.2 Å². The zero-order valence-electron chi connectivity index (χ0n) is 10.3. The van der Waals surface area contributed by atoms with Gasteiger partial charge in [0, 0.05) is 43.3 Å². The summed E-state index contributed by atoms with van der Waals surface area (Å²) in [6.45, 7) is 0. The maximum absolute atomic E-state index is 5.94. The van der Waals surface area contributed by atoms with E-state index in [1.165, 1.54) is 11.3 Å². The molecule has 2 aliphatic rings. The highest BCUT2D eigenvalue weighted by Gasteiger charge is 2.26. The van der Waals surface area contributed by atoms with Crippen molar-refractivity contribution in [3.63, 3.8) is 0 Å². The molecule has 0 spiro atoms. The number of halogens is 1. The highest BCUT2D eigenvalue weighted by atomic mass is 35.5. The standard InChI is InChI=1S/C14H14ClN3/c1-16-8-7-11-9-17(2)18(14(11)10-16)13-5-3-12(15)4-6-13/h3-10H,1-2H3. The van der Waals surface area contributed by atoms with Gasteiger partial charge in [-0.25, -0.2) is 0 Å². The largest absolute Gasteiger partial charge is 0.355 e. The van der Waals surface area contributed by atoms with E-state index in [9.17, 15) is 0 Å². The number of benzene rings is 1. The van der Waals surface area contributed by atoms with Crippen LogP contribution in [0.25, 0.3) is 0 Å². The van der Waals surface area contributed by atoms with E-state index in [1.54, 1.807) is 0 Å². The molecule has 2 aliphatic heterocycles. The first kappa shape index (κ1) is 11.2. The van der Waals surface area contributed by atoms with Gasteiger partial charge in [0.25, 0.3) is 0 Å². The van der Waals surface area contributed by atoms with Gasteiger partial charge in [-0.05, 0) is 30.3 Å². The third-order valence-electron chi connectivity index (χ3n) is 3.05. The van der Waals surface area contributed by atoms with Gasteiger partial charge in [0.2, 0.25) is 0 Å². The topological polar surface area (TPSA) is 9.72 Å². The molecule has 1 aromatic rings. The molecule has 0 N–H and O–H groups in total. The van der Waals surface area contributed by atoms with Crippen LogP contribution < -0.4 is 5.01 Å². The van der Waals surface area contributed by atoms with Gasteiger partial charge >= 0.3 is 0 Å². The van der Waals surface area contributed by atoms with Crippen molar-refractivity contribution in [2.45, 2.75) is 0 Å². The van der Waals surface area contributed by atoms with Crippen LogP contribution in [0.4, 0.5) is 5.69 Å². The zero-order chi connectivity index (χ0) is 12.7. The fourth-order valence-corrected chi connectivity index (χ4v) is 2.34. The van der Waals surface area contributed by atoms with Crippen LogP contribution in [0, 0.1) is 0 Å². The van der Waals surface area contributed by atoms with Gasteiger partial charge < -0.3 is 4.90 Å². The average Bonchev–Trinajstić information content (AvgIpc) is 2.66. The first-order valence-electron chi connectivity index (χ1n) is 5.78. The van der Waals surface area contributed by atoms with Crippen LogP contribution in [-0.4, -0.2) is 24.0 Å². The van der Waals surface area contributed by atoms with Crippen molar-refractivity contribution in [2.75, 3.05) is 19.1 Å². The molecule has 3 rings (SSSR count). The summed E-state index contributed by atoms with van der Waals surface area (Å²) >= 11 is 5.94. The molecule has 0 aromatic heterocycles. The Hall–Kier alpha value is -1.87. The Labute approximate surface area is 112 Å². The fraction of sp³-hybridized carbons (Fsp3) is 0.143. The number of hydrogen-bond donors (Lipinski definition) is 0. The number of anilines is 1. The number of nitrogens with zero attached hydrogens (tertiary/aromatic N) is 3. The molecule has 18 heavy (non-hydrogen) atoms. The minimum atomic E-state index is 0.753. The Kier molecular flexibility index (Phi) is 2.56. The number of hydrazine groups is 1. The first-order valence-corrected chi connectivity index (χ1v) is 6.15. The zero-order valence-corrected chi connectivity index (χ0v) is 11.1. The quantitative estimate of drug-likeness (QED) is 0.767. The van der Waals surface area contributed by atoms with Gasteiger partial charge in [-0.15, -0.1) is 0 Å². The molecule has 0 aliphatic carbocycles. The SMILES string of the molecule is CN1C=CC2=CN(C)N(c3ccc(Cl)cc3)C2=C1. The normalized spacial score (nSPS) is 17.8. The first-order chi connectivity index (χ1) is 8.65. The Morgan fingerprint density at radius 2 is 1.72 bits per heavy atom. The monoisotopic (exact) mass is 259 g/mol. The molecule has 0 amide bonds. The van der Waals surface area contributed by atoms with E-state index >= 15 is 0 Å². The third kappa shape index (κ3) is 1.77. The molecule has 1 aromatic carbocycles. The van der Waals surface area contributed by atoms with E-state index in [0.29, 0.717) is 0 Å². The van der Waals surface area contributed by atoms with Gasteiger partial charge in [-0.1, -0.05) is 11.6 Å². The Morgan fingerprint density at radius 3 is 2.44 bits per heavy atom. The molecular weight excluding hydrogens is 246 g/mol. The summed E-state index contributed by atoms with van der Waals surface area (Å²) < 4.78 is 0. The van der Waals surface area contributed by atoms with Crippen LogP contribution in [0.15, 0.2) is 60.2 Å². The second kappa shape index (κ2) is 4.10. The molecule has 0 saturated heterocycles. The number of hydrogen-bond acceptors (Lipinski definition) is 3. The van der Waals surface area contributed by atoms with Crippen LogP contribution in [0.1, 0.15) is 0 Å². The lowest BCUT2D eigenvalue weighted by molar-refractivity contribution is 0.469. The predicted molar refractivity (Wildman–Crippen MR) is 74.8 cm³/mol. The molecule has 0 saturated carbocycles. The van der Waals surface area contributed by atoms with Crippen molar-refractivity contribution in [1.82, 2.24) is 9.91 Å². The summed E-state index contributed by atoms with van der Waals surface area (Å²) in [6.07, 6.45) is 8.39. The highest BCUT2D eigenvalue weighted by Crippen LogP contribution is 2.34. The molecule has 0 radical (unpaired) electrons. The molecule has 2 heterocycles. The molecule has 0 bridgehead atoms. The van der Waals surface area contributed by atoms with Crippen LogP contribution in [0.5, 0.6) is 0 Å². The summed E-state index contributed by atoms with van der Waals surface area (Å²) in [5.74, 6) is 0. The summed E-state index contributed by atoms with van der Waals surface area (Å²) in [6, 6.07) is 7.86. The molecule has 4 heteroatoms. The Bertz CT molecular complexity index is 557. The van der Waals surface area contributed by atoms with Crippen LogP contribution in [0.3, 0.4) is 0 Å². The lowest BCUT2D eigenvalue weighted by atomic mass is 10.1. The summed E-state index contributed by atoms with van der Waals surface area (Å²) in [5.41, 5.74) is 3.48. The van der Waals surface area contributed by atoms with E-state index in [-0.39, 0.29) is 0 Å². The van der Waals surface area contributed by atoms with E-state index in [4.69, 9.17) is 11.6 Å².